The smallest absolute Gasteiger partial charge is 0.262 e. The van der Waals surface area contributed by atoms with Crippen LogP contribution in [-0.4, -0.2) is 12.5 Å². The lowest BCUT2D eigenvalue weighted by atomic mass is 10.2. The molecule has 0 heterocycles. The molecular formula is C15H14ClNO2. The second-order valence-corrected chi connectivity index (χ2v) is 4.55. The number of para-hydroxylation sites is 1. The monoisotopic (exact) mass is 275 g/mol. The molecule has 0 unspecified atom stereocenters. The van der Waals surface area contributed by atoms with Gasteiger partial charge in [0.25, 0.3) is 5.91 Å². The predicted molar refractivity (Wildman–Crippen MR) is 76.8 cm³/mol. The van der Waals surface area contributed by atoms with Crippen molar-refractivity contribution in [1.82, 2.24) is 0 Å². The Balaban J connectivity index is 1.90. The number of carbonyl (C=O) groups is 1. The standard InChI is InChI=1S/C15H14ClNO2/c1-11-9-12(16)7-8-14(11)19-10-15(18)17-13-5-3-2-4-6-13/h2-9H,10H2,1H3,(H,17,18). The molecular weight excluding hydrogens is 262 g/mol. The van der Waals surface area contributed by atoms with Crippen molar-refractivity contribution in [2.45, 2.75) is 6.92 Å². The van der Waals surface area contributed by atoms with E-state index in [4.69, 9.17) is 16.3 Å². The molecule has 4 heteroatoms. The van der Waals surface area contributed by atoms with E-state index in [2.05, 4.69) is 5.32 Å². The van der Waals surface area contributed by atoms with Gasteiger partial charge in [-0.15, -0.1) is 0 Å². The SMILES string of the molecule is Cc1cc(Cl)ccc1OCC(=O)Nc1ccccc1. The number of nitrogens with one attached hydrogen (secondary N) is 1. The number of hydrogen-bond donors (Lipinski definition) is 1. The van der Waals surface area contributed by atoms with Crippen LogP contribution in [0.2, 0.25) is 5.02 Å². The van der Waals surface area contributed by atoms with Crippen LogP contribution in [0.1, 0.15) is 5.56 Å². The van der Waals surface area contributed by atoms with Gasteiger partial charge in [-0.2, -0.15) is 0 Å². The first-order chi connectivity index (χ1) is 9.15. The molecule has 0 radical (unpaired) electrons. The lowest BCUT2D eigenvalue weighted by molar-refractivity contribution is -0.118. The number of benzene rings is 2. The average molecular weight is 276 g/mol. The van der Waals surface area contributed by atoms with E-state index in [0.717, 1.165) is 11.3 Å². The molecule has 0 atom stereocenters. The van der Waals surface area contributed by atoms with Gasteiger partial charge in [0.2, 0.25) is 0 Å². The molecule has 2 aromatic carbocycles. The summed E-state index contributed by atoms with van der Waals surface area (Å²) in [5.74, 6) is 0.466. The summed E-state index contributed by atoms with van der Waals surface area (Å²) in [5, 5.41) is 3.40. The Bertz CT molecular complexity index is 570. The Morgan fingerprint density at radius 2 is 1.95 bits per heavy atom. The van der Waals surface area contributed by atoms with Gasteiger partial charge in [0.1, 0.15) is 5.75 Å². The van der Waals surface area contributed by atoms with Gasteiger partial charge >= 0.3 is 0 Å². The van der Waals surface area contributed by atoms with E-state index in [-0.39, 0.29) is 12.5 Å². The minimum Gasteiger partial charge on any atom is -0.483 e. The molecule has 0 aliphatic rings. The molecule has 98 valence electrons. The molecule has 3 nitrogen and oxygen atoms in total. The molecule has 1 amide bonds. The zero-order chi connectivity index (χ0) is 13.7. The normalized spacial score (nSPS) is 10.0. The van der Waals surface area contributed by atoms with Crippen molar-refractivity contribution < 1.29 is 9.53 Å². The van der Waals surface area contributed by atoms with Crippen LogP contribution in [0.3, 0.4) is 0 Å². The van der Waals surface area contributed by atoms with Crippen molar-refractivity contribution in [3.05, 3.63) is 59.1 Å². The highest BCUT2D eigenvalue weighted by atomic mass is 35.5. The molecule has 0 bridgehead atoms. The second-order valence-electron chi connectivity index (χ2n) is 4.11. The number of ether oxygens (including phenoxy) is 1. The fourth-order valence-electron chi connectivity index (χ4n) is 1.64. The Morgan fingerprint density at radius 1 is 1.21 bits per heavy atom. The Hall–Kier alpha value is -2.00. The van der Waals surface area contributed by atoms with Gasteiger partial charge in [0.15, 0.2) is 6.61 Å². The van der Waals surface area contributed by atoms with Crippen molar-refractivity contribution in [3.63, 3.8) is 0 Å². The third kappa shape index (κ3) is 4.00. The lowest BCUT2D eigenvalue weighted by Crippen LogP contribution is -2.20. The highest BCUT2D eigenvalue weighted by Crippen LogP contribution is 2.21. The molecule has 0 spiro atoms. The van der Waals surface area contributed by atoms with Crippen LogP contribution >= 0.6 is 11.6 Å². The molecule has 0 aliphatic carbocycles. The molecule has 0 fully saturated rings. The number of carbonyl (C=O) groups excluding carboxylic acids is 1. The first-order valence-corrected chi connectivity index (χ1v) is 6.27. The number of halogens is 1. The Morgan fingerprint density at radius 3 is 2.63 bits per heavy atom. The number of hydrogen-bond acceptors (Lipinski definition) is 2. The van der Waals surface area contributed by atoms with E-state index >= 15 is 0 Å². The summed E-state index contributed by atoms with van der Waals surface area (Å²) in [6.45, 7) is 1.85. The van der Waals surface area contributed by atoms with Crippen molar-refractivity contribution in [3.8, 4) is 5.75 Å². The number of rotatable bonds is 4. The van der Waals surface area contributed by atoms with Crippen molar-refractivity contribution in [2.24, 2.45) is 0 Å². The molecule has 2 aromatic rings. The van der Waals surface area contributed by atoms with E-state index in [9.17, 15) is 4.79 Å². The van der Waals surface area contributed by atoms with Crippen LogP contribution in [0, 0.1) is 6.92 Å². The zero-order valence-electron chi connectivity index (χ0n) is 10.5. The highest BCUT2D eigenvalue weighted by Gasteiger charge is 2.05. The molecule has 0 saturated heterocycles. The highest BCUT2D eigenvalue weighted by molar-refractivity contribution is 6.30. The van der Waals surface area contributed by atoms with Gasteiger partial charge < -0.3 is 10.1 Å². The molecule has 2 rings (SSSR count). The third-order valence-corrected chi connectivity index (χ3v) is 2.79. The summed E-state index contributed by atoms with van der Waals surface area (Å²) in [6, 6.07) is 14.6. The quantitative estimate of drug-likeness (QED) is 0.925. The van der Waals surface area contributed by atoms with Crippen LogP contribution in [0.25, 0.3) is 0 Å². The van der Waals surface area contributed by atoms with Gasteiger partial charge in [-0.25, -0.2) is 0 Å². The topological polar surface area (TPSA) is 38.3 Å². The third-order valence-electron chi connectivity index (χ3n) is 2.55. The maximum atomic E-state index is 11.7. The lowest BCUT2D eigenvalue weighted by Gasteiger charge is -2.09. The van der Waals surface area contributed by atoms with Crippen LogP contribution in [0.15, 0.2) is 48.5 Å². The Kier molecular flexibility index (Phi) is 4.42. The summed E-state index contributed by atoms with van der Waals surface area (Å²) in [5.41, 5.74) is 1.66. The van der Waals surface area contributed by atoms with Crippen LogP contribution in [0.5, 0.6) is 5.75 Å². The minimum atomic E-state index is -0.194. The number of amides is 1. The summed E-state index contributed by atoms with van der Waals surface area (Å²) in [6.07, 6.45) is 0. The minimum absolute atomic E-state index is 0.0304. The number of anilines is 1. The summed E-state index contributed by atoms with van der Waals surface area (Å²) < 4.78 is 5.46. The van der Waals surface area contributed by atoms with E-state index in [0.29, 0.717) is 10.8 Å². The van der Waals surface area contributed by atoms with E-state index in [1.165, 1.54) is 0 Å². The van der Waals surface area contributed by atoms with Crippen LogP contribution in [0.4, 0.5) is 5.69 Å². The van der Waals surface area contributed by atoms with Gasteiger partial charge in [-0.3, -0.25) is 4.79 Å². The fraction of sp³-hybridized carbons (Fsp3) is 0.133. The van der Waals surface area contributed by atoms with Crippen molar-refractivity contribution in [1.29, 1.82) is 0 Å². The molecule has 0 saturated carbocycles. The van der Waals surface area contributed by atoms with Crippen LogP contribution in [-0.2, 0) is 4.79 Å². The summed E-state index contributed by atoms with van der Waals surface area (Å²) in [4.78, 5) is 11.7. The van der Waals surface area contributed by atoms with Crippen molar-refractivity contribution >= 4 is 23.2 Å². The molecule has 19 heavy (non-hydrogen) atoms. The van der Waals surface area contributed by atoms with Gasteiger partial charge in [0.05, 0.1) is 0 Å². The summed E-state index contributed by atoms with van der Waals surface area (Å²) in [7, 11) is 0. The number of aryl methyl sites for hydroxylation is 1. The van der Waals surface area contributed by atoms with Crippen molar-refractivity contribution in [2.75, 3.05) is 11.9 Å². The molecule has 0 aromatic heterocycles. The zero-order valence-corrected chi connectivity index (χ0v) is 11.3. The van der Waals surface area contributed by atoms with E-state index in [1.807, 2.05) is 37.3 Å². The molecule has 0 aliphatic heterocycles. The molecule has 1 N–H and O–H groups in total. The summed E-state index contributed by atoms with van der Waals surface area (Å²) >= 11 is 5.85. The van der Waals surface area contributed by atoms with Gasteiger partial charge in [0, 0.05) is 10.7 Å². The Labute approximate surface area is 117 Å². The van der Waals surface area contributed by atoms with E-state index < -0.39 is 0 Å². The average Bonchev–Trinajstić information content (AvgIpc) is 2.39. The largest absolute Gasteiger partial charge is 0.483 e. The van der Waals surface area contributed by atoms with Crippen LogP contribution < -0.4 is 10.1 Å². The van der Waals surface area contributed by atoms with E-state index in [1.54, 1.807) is 18.2 Å². The predicted octanol–water partition coefficient (Wildman–Crippen LogP) is 3.67. The maximum absolute atomic E-state index is 11.7. The van der Waals surface area contributed by atoms with Gasteiger partial charge in [-0.1, -0.05) is 29.8 Å². The first kappa shape index (κ1) is 13.4. The first-order valence-electron chi connectivity index (χ1n) is 5.89. The maximum Gasteiger partial charge on any atom is 0.262 e. The van der Waals surface area contributed by atoms with Gasteiger partial charge in [-0.05, 0) is 42.8 Å². The fourth-order valence-corrected chi connectivity index (χ4v) is 1.86. The second kappa shape index (κ2) is 6.25.